The predicted molar refractivity (Wildman–Crippen MR) is 111 cm³/mol. The van der Waals surface area contributed by atoms with Crippen LogP contribution in [0.5, 0.6) is 0 Å². The van der Waals surface area contributed by atoms with Crippen LogP contribution < -0.4 is 5.32 Å². The predicted octanol–water partition coefficient (Wildman–Crippen LogP) is 4.67. The van der Waals surface area contributed by atoms with Crippen LogP contribution in [0, 0.1) is 19.8 Å². The van der Waals surface area contributed by atoms with Crippen LogP contribution in [-0.4, -0.2) is 22.0 Å². The molecule has 0 bridgehead atoms. The second-order valence-corrected chi connectivity index (χ2v) is 7.68. The molecule has 0 saturated carbocycles. The summed E-state index contributed by atoms with van der Waals surface area (Å²) in [7, 11) is 0. The van der Waals surface area contributed by atoms with Crippen molar-refractivity contribution in [1.82, 2.24) is 14.9 Å². The maximum absolute atomic E-state index is 12.5. The average molecular weight is 364 g/mol. The summed E-state index contributed by atoms with van der Waals surface area (Å²) < 4.78 is 2.30. The third-order valence-corrected chi connectivity index (χ3v) is 4.92. The molecule has 3 aromatic rings. The van der Waals surface area contributed by atoms with Gasteiger partial charge in [0.15, 0.2) is 0 Å². The minimum atomic E-state index is -0.0164. The molecule has 4 nitrogen and oxygen atoms in total. The van der Waals surface area contributed by atoms with Crippen molar-refractivity contribution in [3.8, 4) is 0 Å². The first-order chi connectivity index (χ1) is 13.0. The Kier molecular flexibility index (Phi) is 5.94. The van der Waals surface area contributed by atoms with Crippen molar-refractivity contribution in [2.75, 3.05) is 6.54 Å². The van der Waals surface area contributed by atoms with Gasteiger partial charge in [-0.1, -0.05) is 43.7 Å². The standard InChI is InChI=1S/C23H29N3O/c1-16(2)12-14-26-21-8-6-5-7-20(21)25-22(26)11-13-24-23(27)19-10-9-17(3)15-18(19)4/h5-10,15-16H,11-14H2,1-4H3,(H,24,27). The molecule has 0 aliphatic rings. The summed E-state index contributed by atoms with van der Waals surface area (Å²) in [6.45, 7) is 10.0. The lowest BCUT2D eigenvalue weighted by Gasteiger charge is -2.12. The van der Waals surface area contributed by atoms with Gasteiger partial charge in [-0.2, -0.15) is 0 Å². The highest BCUT2D eigenvalue weighted by molar-refractivity contribution is 5.95. The number of para-hydroxylation sites is 2. The Morgan fingerprint density at radius 1 is 1.15 bits per heavy atom. The van der Waals surface area contributed by atoms with Gasteiger partial charge < -0.3 is 9.88 Å². The molecule has 1 N–H and O–H groups in total. The number of benzene rings is 2. The van der Waals surface area contributed by atoms with Crippen molar-refractivity contribution in [1.29, 1.82) is 0 Å². The minimum absolute atomic E-state index is 0.0164. The second-order valence-electron chi connectivity index (χ2n) is 7.68. The third kappa shape index (κ3) is 4.57. The first kappa shape index (κ1) is 19.2. The summed E-state index contributed by atoms with van der Waals surface area (Å²) in [5.41, 5.74) is 5.12. The van der Waals surface area contributed by atoms with E-state index < -0.39 is 0 Å². The molecule has 3 rings (SSSR count). The van der Waals surface area contributed by atoms with Crippen LogP contribution in [0.2, 0.25) is 0 Å². The molecular weight excluding hydrogens is 334 g/mol. The van der Waals surface area contributed by atoms with E-state index in [1.54, 1.807) is 0 Å². The Morgan fingerprint density at radius 3 is 2.67 bits per heavy atom. The maximum atomic E-state index is 12.5. The van der Waals surface area contributed by atoms with E-state index in [1.807, 2.05) is 38.1 Å². The van der Waals surface area contributed by atoms with Gasteiger partial charge in [0.25, 0.3) is 5.91 Å². The Balaban J connectivity index is 1.70. The highest BCUT2D eigenvalue weighted by Crippen LogP contribution is 2.18. The van der Waals surface area contributed by atoms with E-state index in [1.165, 1.54) is 11.1 Å². The van der Waals surface area contributed by atoms with Crippen molar-refractivity contribution in [2.24, 2.45) is 5.92 Å². The number of rotatable bonds is 7. The van der Waals surface area contributed by atoms with Crippen molar-refractivity contribution in [2.45, 2.75) is 47.1 Å². The molecule has 0 radical (unpaired) electrons. The van der Waals surface area contributed by atoms with E-state index in [0.717, 1.165) is 41.9 Å². The molecular formula is C23H29N3O. The number of amides is 1. The van der Waals surface area contributed by atoms with Crippen LogP contribution in [-0.2, 0) is 13.0 Å². The number of imidazole rings is 1. The van der Waals surface area contributed by atoms with Gasteiger partial charge in [0.05, 0.1) is 11.0 Å². The molecule has 1 heterocycles. The van der Waals surface area contributed by atoms with Crippen LogP contribution in [0.3, 0.4) is 0 Å². The van der Waals surface area contributed by atoms with Crippen LogP contribution in [0.25, 0.3) is 11.0 Å². The molecule has 0 saturated heterocycles. The van der Waals surface area contributed by atoms with Crippen molar-refractivity contribution in [3.63, 3.8) is 0 Å². The number of carbonyl (C=O) groups is 1. The van der Waals surface area contributed by atoms with Crippen LogP contribution >= 0.6 is 0 Å². The molecule has 0 aliphatic carbocycles. The Morgan fingerprint density at radius 2 is 1.93 bits per heavy atom. The van der Waals surface area contributed by atoms with E-state index >= 15 is 0 Å². The van der Waals surface area contributed by atoms with Gasteiger partial charge >= 0.3 is 0 Å². The molecule has 0 spiro atoms. The topological polar surface area (TPSA) is 46.9 Å². The first-order valence-electron chi connectivity index (χ1n) is 9.75. The van der Waals surface area contributed by atoms with Gasteiger partial charge in [0, 0.05) is 25.1 Å². The SMILES string of the molecule is Cc1ccc(C(=O)NCCc2nc3ccccc3n2CCC(C)C)c(C)c1. The zero-order valence-electron chi connectivity index (χ0n) is 16.7. The lowest BCUT2D eigenvalue weighted by molar-refractivity contribution is 0.0953. The Labute approximate surface area is 161 Å². The van der Waals surface area contributed by atoms with Gasteiger partial charge in [0.1, 0.15) is 5.82 Å². The van der Waals surface area contributed by atoms with Gasteiger partial charge in [-0.3, -0.25) is 4.79 Å². The lowest BCUT2D eigenvalue weighted by atomic mass is 10.1. The molecule has 1 amide bonds. The fourth-order valence-electron chi connectivity index (χ4n) is 3.40. The number of aromatic nitrogens is 2. The highest BCUT2D eigenvalue weighted by atomic mass is 16.1. The number of fused-ring (bicyclic) bond motifs is 1. The van der Waals surface area contributed by atoms with Crippen LogP contribution in [0.15, 0.2) is 42.5 Å². The van der Waals surface area contributed by atoms with Crippen molar-refractivity contribution in [3.05, 3.63) is 65.0 Å². The summed E-state index contributed by atoms with van der Waals surface area (Å²) in [6.07, 6.45) is 1.84. The Hall–Kier alpha value is -2.62. The number of nitrogens with one attached hydrogen (secondary N) is 1. The number of hydrogen-bond acceptors (Lipinski definition) is 2. The summed E-state index contributed by atoms with van der Waals surface area (Å²) in [6, 6.07) is 14.2. The fourth-order valence-corrected chi connectivity index (χ4v) is 3.40. The highest BCUT2D eigenvalue weighted by Gasteiger charge is 2.12. The fraction of sp³-hybridized carbons (Fsp3) is 0.391. The first-order valence-corrected chi connectivity index (χ1v) is 9.75. The number of hydrogen-bond donors (Lipinski definition) is 1. The molecule has 0 fully saturated rings. The van der Waals surface area contributed by atoms with E-state index in [4.69, 9.17) is 4.98 Å². The monoisotopic (exact) mass is 363 g/mol. The molecule has 27 heavy (non-hydrogen) atoms. The second kappa shape index (κ2) is 8.38. The summed E-state index contributed by atoms with van der Waals surface area (Å²) in [5, 5.41) is 3.05. The Bertz CT molecular complexity index is 940. The number of carbonyl (C=O) groups excluding carboxylic acids is 1. The summed E-state index contributed by atoms with van der Waals surface area (Å²) in [5.74, 6) is 1.67. The molecule has 2 aromatic carbocycles. The lowest BCUT2D eigenvalue weighted by Crippen LogP contribution is -2.27. The summed E-state index contributed by atoms with van der Waals surface area (Å²) in [4.78, 5) is 17.3. The zero-order valence-corrected chi connectivity index (χ0v) is 16.7. The number of nitrogens with zero attached hydrogens (tertiary/aromatic N) is 2. The molecule has 1 aromatic heterocycles. The smallest absolute Gasteiger partial charge is 0.251 e. The quantitative estimate of drug-likeness (QED) is 0.663. The van der Waals surface area contributed by atoms with E-state index in [0.29, 0.717) is 12.5 Å². The molecule has 4 heteroatoms. The summed E-state index contributed by atoms with van der Waals surface area (Å²) >= 11 is 0. The van der Waals surface area contributed by atoms with Crippen molar-refractivity contribution >= 4 is 16.9 Å². The van der Waals surface area contributed by atoms with Crippen LogP contribution in [0.4, 0.5) is 0 Å². The van der Waals surface area contributed by atoms with Gasteiger partial charge in [-0.15, -0.1) is 0 Å². The molecule has 142 valence electrons. The van der Waals surface area contributed by atoms with E-state index in [2.05, 4.69) is 41.9 Å². The average Bonchev–Trinajstić information content (AvgIpc) is 2.97. The van der Waals surface area contributed by atoms with Gasteiger partial charge in [-0.05, 0) is 49.9 Å². The van der Waals surface area contributed by atoms with Crippen LogP contribution in [0.1, 0.15) is 47.6 Å². The number of aryl methyl sites for hydroxylation is 3. The minimum Gasteiger partial charge on any atom is -0.352 e. The molecule has 0 aliphatic heterocycles. The maximum Gasteiger partial charge on any atom is 0.251 e. The zero-order chi connectivity index (χ0) is 19.4. The van der Waals surface area contributed by atoms with E-state index in [-0.39, 0.29) is 5.91 Å². The normalized spacial score (nSPS) is 11.3. The van der Waals surface area contributed by atoms with Crippen molar-refractivity contribution < 1.29 is 4.79 Å². The third-order valence-electron chi connectivity index (χ3n) is 4.92. The largest absolute Gasteiger partial charge is 0.352 e. The molecule has 0 atom stereocenters. The van der Waals surface area contributed by atoms with Gasteiger partial charge in [-0.25, -0.2) is 4.98 Å². The van der Waals surface area contributed by atoms with E-state index in [9.17, 15) is 4.79 Å². The molecule has 0 unspecified atom stereocenters. The van der Waals surface area contributed by atoms with Gasteiger partial charge in [0.2, 0.25) is 0 Å².